The zero-order valence-electron chi connectivity index (χ0n) is 14.0. The van der Waals surface area contributed by atoms with Crippen LogP contribution in [0.5, 0.6) is 0 Å². The smallest absolute Gasteiger partial charge is 0.249 e. The van der Waals surface area contributed by atoms with Gasteiger partial charge in [0, 0.05) is 19.6 Å². The lowest BCUT2D eigenvalue weighted by atomic mass is 10.1. The molecule has 1 aromatic carbocycles. The molecule has 24 heavy (non-hydrogen) atoms. The monoisotopic (exact) mass is 336 g/mol. The summed E-state index contributed by atoms with van der Waals surface area (Å²) in [5, 5.41) is 12.4. The highest BCUT2D eigenvalue weighted by Gasteiger charge is 2.27. The van der Waals surface area contributed by atoms with E-state index in [1.54, 1.807) is 6.07 Å². The van der Waals surface area contributed by atoms with E-state index in [2.05, 4.69) is 5.32 Å². The molecule has 6 heteroatoms. The van der Waals surface area contributed by atoms with Crippen LogP contribution in [-0.2, 0) is 16.1 Å². The number of rotatable bonds is 4. The van der Waals surface area contributed by atoms with Crippen LogP contribution in [0.2, 0.25) is 0 Å². The SMILES string of the molecule is CC1CCC(C(=O)NCc2ccc(N3CCC(O)CC3)c(F)c2)O1. The third kappa shape index (κ3) is 4.05. The zero-order chi connectivity index (χ0) is 17.1. The maximum Gasteiger partial charge on any atom is 0.249 e. The number of aliphatic hydroxyl groups is 1. The number of anilines is 1. The second-order valence-corrected chi connectivity index (χ2v) is 6.73. The molecule has 0 radical (unpaired) electrons. The molecule has 2 unspecified atom stereocenters. The number of carbonyl (C=O) groups excluding carboxylic acids is 1. The van der Waals surface area contributed by atoms with Gasteiger partial charge in [0.05, 0.1) is 17.9 Å². The van der Waals surface area contributed by atoms with Gasteiger partial charge in [-0.1, -0.05) is 6.07 Å². The summed E-state index contributed by atoms with van der Waals surface area (Å²) in [6, 6.07) is 5.06. The van der Waals surface area contributed by atoms with Gasteiger partial charge in [-0.15, -0.1) is 0 Å². The van der Waals surface area contributed by atoms with E-state index in [9.17, 15) is 14.3 Å². The predicted molar refractivity (Wildman–Crippen MR) is 89.3 cm³/mol. The molecule has 2 N–H and O–H groups in total. The normalized spacial score (nSPS) is 25.0. The lowest BCUT2D eigenvalue weighted by molar-refractivity contribution is -0.131. The van der Waals surface area contributed by atoms with Gasteiger partial charge in [0.2, 0.25) is 5.91 Å². The van der Waals surface area contributed by atoms with Gasteiger partial charge in [0.15, 0.2) is 0 Å². The summed E-state index contributed by atoms with van der Waals surface area (Å²) in [4.78, 5) is 14.0. The van der Waals surface area contributed by atoms with E-state index < -0.39 is 0 Å². The summed E-state index contributed by atoms with van der Waals surface area (Å²) >= 11 is 0. The van der Waals surface area contributed by atoms with E-state index in [-0.39, 0.29) is 30.0 Å². The van der Waals surface area contributed by atoms with Crippen molar-refractivity contribution in [3.05, 3.63) is 29.6 Å². The molecule has 0 aromatic heterocycles. The van der Waals surface area contributed by atoms with Gasteiger partial charge in [-0.25, -0.2) is 4.39 Å². The number of benzene rings is 1. The summed E-state index contributed by atoms with van der Waals surface area (Å²) < 4.78 is 19.9. The van der Waals surface area contributed by atoms with E-state index >= 15 is 0 Å². The fraction of sp³-hybridized carbons (Fsp3) is 0.611. The minimum absolute atomic E-state index is 0.125. The number of amides is 1. The summed E-state index contributed by atoms with van der Waals surface area (Å²) in [7, 11) is 0. The highest BCUT2D eigenvalue weighted by Crippen LogP contribution is 2.24. The molecular weight excluding hydrogens is 311 g/mol. The van der Waals surface area contributed by atoms with Gasteiger partial charge in [0.1, 0.15) is 11.9 Å². The van der Waals surface area contributed by atoms with Gasteiger partial charge in [-0.2, -0.15) is 0 Å². The average molecular weight is 336 g/mol. The van der Waals surface area contributed by atoms with Crippen LogP contribution in [0.3, 0.4) is 0 Å². The molecule has 0 aliphatic carbocycles. The summed E-state index contributed by atoms with van der Waals surface area (Å²) in [5.41, 5.74) is 1.29. The molecule has 3 rings (SSSR count). The largest absolute Gasteiger partial charge is 0.393 e. The van der Waals surface area contributed by atoms with Crippen LogP contribution in [0.4, 0.5) is 10.1 Å². The standard InChI is InChI=1S/C18H25FN2O3/c1-12-2-5-17(24-12)18(23)20-11-13-3-4-16(15(19)10-13)21-8-6-14(22)7-9-21/h3-4,10,12,14,17,22H,2,5-9,11H2,1H3,(H,20,23). The molecular formula is C18H25FN2O3. The molecule has 5 nitrogen and oxygen atoms in total. The number of aliphatic hydroxyl groups excluding tert-OH is 1. The Morgan fingerprint density at radius 1 is 1.33 bits per heavy atom. The number of carbonyl (C=O) groups is 1. The second kappa shape index (κ2) is 7.49. The van der Waals surface area contributed by atoms with E-state index in [4.69, 9.17) is 4.74 Å². The Morgan fingerprint density at radius 3 is 2.71 bits per heavy atom. The molecule has 2 saturated heterocycles. The van der Waals surface area contributed by atoms with Crippen LogP contribution in [0.15, 0.2) is 18.2 Å². The second-order valence-electron chi connectivity index (χ2n) is 6.73. The van der Waals surface area contributed by atoms with E-state index in [0.29, 0.717) is 38.2 Å². The van der Waals surface area contributed by atoms with Crippen LogP contribution in [0.25, 0.3) is 0 Å². The van der Waals surface area contributed by atoms with Crippen molar-refractivity contribution in [2.24, 2.45) is 0 Å². The van der Waals surface area contributed by atoms with Gasteiger partial charge in [0.25, 0.3) is 0 Å². The van der Waals surface area contributed by atoms with Crippen molar-refractivity contribution >= 4 is 11.6 Å². The minimum atomic E-state index is -0.385. The van der Waals surface area contributed by atoms with E-state index in [1.807, 2.05) is 17.9 Å². The number of hydrogen-bond donors (Lipinski definition) is 2. The Morgan fingerprint density at radius 2 is 2.08 bits per heavy atom. The van der Waals surface area contributed by atoms with Crippen LogP contribution < -0.4 is 10.2 Å². The van der Waals surface area contributed by atoms with Crippen molar-refractivity contribution < 1.29 is 19.0 Å². The highest BCUT2D eigenvalue weighted by atomic mass is 19.1. The first kappa shape index (κ1) is 17.2. The van der Waals surface area contributed by atoms with Crippen LogP contribution >= 0.6 is 0 Å². The Bertz CT molecular complexity index is 588. The molecule has 2 aliphatic rings. The quantitative estimate of drug-likeness (QED) is 0.882. The Kier molecular flexibility index (Phi) is 5.36. The Labute approximate surface area is 141 Å². The summed E-state index contributed by atoms with van der Waals surface area (Å²) in [5.74, 6) is -0.419. The Hall–Kier alpha value is -1.66. The number of ether oxygens (including phenoxy) is 1. The number of halogens is 1. The zero-order valence-corrected chi connectivity index (χ0v) is 14.0. The average Bonchev–Trinajstić information content (AvgIpc) is 3.00. The van der Waals surface area contributed by atoms with Crippen molar-refractivity contribution in [3.8, 4) is 0 Å². The fourth-order valence-electron chi connectivity index (χ4n) is 3.32. The maximum atomic E-state index is 14.4. The first-order valence-corrected chi connectivity index (χ1v) is 8.67. The van der Waals surface area contributed by atoms with Crippen molar-refractivity contribution in [3.63, 3.8) is 0 Å². The van der Waals surface area contributed by atoms with Gasteiger partial charge in [-0.3, -0.25) is 4.79 Å². The van der Waals surface area contributed by atoms with Crippen molar-refractivity contribution in [2.45, 2.75) is 57.5 Å². The summed E-state index contributed by atoms with van der Waals surface area (Å²) in [6.45, 7) is 3.57. The molecule has 0 spiro atoms. The molecule has 2 heterocycles. The van der Waals surface area contributed by atoms with Gasteiger partial charge < -0.3 is 20.1 Å². The molecule has 132 valence electrons. The lowest BCUT2D eigenvalue weighted by Gasteiger charge is -2.31. The van der Waals surface area contributed by atoms with Crippen molar-refractivity contribution in [2.75, 3.05) is 18.0 Å². The third-order valence-electron chi connectivity index (χ3n) is 4.81. The lowest BCUT2D eigenvalue weighted by Crippen LogP contribution is -2.36. The molecule has 2 aliphatic heterocycles. The van der Waals surface area contributed by atoms with Crippen LogP contribution in [0, 0.1) is 5.82 Å². The topological polar surface area (TPSA) is 61.8 Å². The highest BCUT2D eigenvalue weighted by molar-refractivity contribution is 5.81. The molecule has 0 bridgehead atoms. The van der Waals surface area contributed by atoms with Crippen LogP contribution in [-0.4, -0.2) is 42.4 Å². The molecule has 2 fully saturated rings. The van der Waals surface area contributed by atoms with E-state index in [0.717, 1.165) is 18.4 Å². The number of piperidine rings is 1. The fourth-order valence-corrected chi connectivity index (χ4v) is 3.32. The molecule has 2 atom stereocenters. The van der Waals surface area contributed by atoms with Gasteiger partial charge >= 0.3 is 0 Å². The Balaban J connectivity index is 1.55. The first-order valence-electron chi connectivity index (χ1n) is 8.67. The number of nitrogens with one attached hydrogen (secondary N) is 1. The van der Waals surface area contributed by atoms with E-state index in [1.165, 1.54) is 6.07 Å². The minimum Gasteiger partial charge on any atom is -0.393 e. The predicted octanol–water partition coefficient (Wildman–Crippen LogP) is 1.97. The molecule has 1 amide bonds. The van der Waals surface area contributed by atoms with Crippen LogP contribution in [0.1, 0.15) is 38.2 Å². The third-order valence-corrected chi connectivity index (χ3v) is 4.81. The molecule has 1 aromatic rings. The number of hydrogen-bond acceptors (Lipinski definition) is 4. The summed E-state index contributed by atoms with van der Waals surface area (Å²) in [6.07, 6.45) is 2.42. The first-order chi connectivity index (χ1) is 11.5. The maximum absolute atomic E-state index is 14.4. The number of nitrogens with zero attached hydrogens (tertiary/aromatic N) is 1. The van der Waals surface area contributed by atoms with Crippen molar-refractivity contribution in [1.82, 2.24) is 5.32 Å². The van der Waals surface area contributed by atoms with Gasteiger partial charge in [-0.05, 0) is 50.3 Å². The van der Waals surface area contributed by atoms with Crippen molar-refractivity contribution in [1.29, 1.82) is 0 Å². The molecule has 0 saturated carbocycles.